The van der Waals surface area contributed by atoms with Crippen LogP contribution < -0.4 is 10.6 Å². The van der Waals surface area contributed by atoms with Gasteiger partial charge in [0, 0.05) is 6.54 Å². The summed E-state index contributed by atoms with van der Waals surface area (Å²) in [7, 11) is 0. The fourth-order valence-electron chi connectivity index (χ4n) is 1.82. The summed E-state index contributed by atoms with van der Waals surface area (Å²) < 4.78 is 38.8. The first kappa shape index (κ1) is 19.0. The van der Waals surface area contributed by atoms with Crippen LogP contribution in [0.2, 0.25) is 0 Å². The zero-order valence-electron chi connectivity index (χ0n) is 13.4. The summed E-state index contributed by atoms with van der Waals surface area (Å²) in [6.45, 7) is 5.13. The third-order valence-corrected chi connectivity index (χ3v) is 3.43. The number of hydrogen-bond donors (Lipinski definition) is 2. The van der Waals surface area contributed by atoms with Gasteiger partial charge in [-0.3, -0.25) is 9.59 Å². The molecule has 23 heavy (non-hydrogen) atoms. The fraction of sp³-hybridized carbons (Fsp3) is 0.500. The van der Waals surface area contributed by atoms with Gasteiger partial charge in [0.2, 0.25) is 11.8 Å². The summed E-state index contributed by atoms with van der Waals surface area (Å²) in [5, 5.41) is 4.82. The monoisotopic (exact) mass is 330 g/mol. The lowest BCUT2D eigenvalue weighted by atomic mass is 9.90. The molecule has 0 atom stereocenters. The summed E-state index contributed by atoms with van der Waals surface area (Å²) in [5.41, 5.74) is -2.79. The maximum atomic E-state index is 12.9. The molecule has 0 aromatic heterocycles. The zero-order chi connectivity index (χ0) is 17.7. The number of hydrogen-bond acceptors (Lipinski definition) is 2. The second kappa shape index (κ2) is 7.48. The molecule has 0 unspecified atom stereocenters. The van der Waals surface area contributed by atoms with Crippen molar-refractivity contribution in [3.05, 3.63) is 29.8 Å². The molecule has 7 heteroatoms. The molecule has 0 radical (unpaired) electrons. The first-order valence-corrected chi connectivity index (χ1v) is 7.36. The predicted octanol–water partition coefficient (Wildman–Crippen LogP) is 3.59. The molecule has 1 aromatic rings. The summed E-state index contributed by atoms with van der Waals surface area (Å²) in [4.78, 5) is 24.3. The van der Waals surface area contributed by atoms with Crippen molar-refractivity contribution >= 4 is 17.5 Å². The summed E-state index contributed by atoms with van der Waals surface area (Å²) in [6, 6.07) is 4.66. The minimum Gasteiger partial charge on any atom is -0.355 e. The van der Waals surface area contributed by atoms with Crippen LogP contribution >= 0.6 is 0 Å². The number of benzene rings is 1. The van der Waals surface area contributed by atoms with Crippen LogP contribution in [0.5, 0.6) is 0 Å². The Morgan fingerprint density at radius 3 is 2.26 bits per heavy atom. The van der Waals surface area contributed by atoms with Gasteiger partial charge >= 0.3 is 6.18 Å². The quantitative estimate of drug-likeness (QED) is 0.619. The van der Waals surface area contributed by atoms with Crippen LogP contribution in [-0.2, 0) is 15.8 Å². The predicted molar refractivity (Wildman–Crippen MR) is 81.8 cm³/mol. The van der Waals surface area contributed by atoms with Gasteiger partial charge in [-0.15, -0.1) is 0 Å². The van der Waals surface area contributed by atoms with Crippen LogP contribution in [0.4, 0.5) is 18.9 Å². The minimum atomic E-state index is -4.59. The molecule has 128 valence electrons. The van der Waals surface area contributed by atoms with Crippen molar-refractivity contribution in [2.45, 2.75) is 39.8 Å². The van der Waals surface area contributed by atoms with Crippen molar-refractivity contribution in [2.75, 3.05) is 11.9 Å². The molecular formula is C16H21F3N2O2. The van der Waals surface area contributed by atoms with Gasteiger partial charge in [-0.2, -0.15) is 13.2 Å². The number of carbonyl (C=O) groups is 2. The highest BCUT2D eigenvalue weighted by Gasteiger charge is 2.38. The van der Waals surface area contributed by atoms with Crippen molar-refractivity contribution in [1.82, 2.24) is 5.32 Å². The van der Waals surface area contributed by atoms with Crippen molar-refractivity contribution < 1.29 is 22.8 Å². The zero-order valence-corrected chi connectivity index (χ0v) is 13.4. The topological polar surface area (TPSA) is 58.2 Å². The van der Waals surface area contributed by atoms with Gasteiger partial charge in [-0.25, -0.2) is 0 Å². The molecule has 0 aliphatic carbocycles. The Kier molecular flexibility index (Phi) is 6.18. The van der Waals surface area contributed by atoms with Crippen molar-refractivity contribution in [3.8, 4) is 0 Å². The van der Waals surface area contributed by atoms with Crippen molar-refractivity contribution in [2.24, 2.45) is 5.41 Å². The van der Waals surface area contributed by atoms with Crippen LogP contribution in [0.3, 0.4) is 0 Å². The number of para-hydroxylation sites is 1. The van der Waals surface area contributed by atoms with E-state index in [-0.39, 0.29) is 5.69 Å². The normalized spacial score (nSPS) is 11.9. The summed E-state index contributed by atoms with van der Waals surface area (Å²) in [5.74, 6) is -1.31. The summed E-state index contributed by atoms with van der Waals surface area (Å²) >= 11 is 0. The fourth-order valence-corrected chi connectivity index (χ4v) is 1.82. The molecule has 1 aromatic carbocycles. The molecule has 2 N–H and O–H groups in total. The standard InChI is InChI=1S/C16H21F3N2O2/c1-4-5-10-20-13(22)15(2,3)14(23)21-12-9-7-6-8-11(12)16(17,18)19/h6-9H,4-5,10H2,1-3H3,(H,20,22)(H,21,23). The number of nitrogens with one attached hydrogen (secondary N) is 2. The minimum absolute atomic E-state index is 0.362. The molecule has 0 aliphatic rings. The Labute approximate surface area is 133 Å². The van der Waals surface area contributed by atoms with E-state index in [0.717, 1.165) is 25.0 Å². The molecule has 0 aliphatic heterocycles. The highest BCUT2D eigenvalue weighted by Crippen LogP contribution is 2.35. The highest BCUT2D eigenvalue weighted by atomic mass is 19.4. The van der Waals surface area contributed by atoms with Gasteiger partial charge < -0.3 is 10.6 Å². The van der Waals surface area contributed by atoms with Crippen LogP contribution in [0, 0.1) is 5.41 Å². The number of halogens is 3. The lowest BCUT2D eigenvalue weighted by molar-refractivity contribution is -0.138. The van der Waals surface area contributed by atoms with Crippen molar-refractivity contribution in [3.63, 3.8) is 0 Å². The number of amides is 2. The number of carbonyl (C=O) groups excluding carboxylic acids is 2. The van der Waals surface area contributed by atoms with E-state index in [1.165, 1.54) is 26.0 Å². The largest absolute Gasteiger partial charge is 0.418 e. The number of rotatable bonds is 6. The molecule has 0 saturated carbocycles. The van der Waals surface area contributed by atoms with Crippen LogP contribution in [0.1, 0.15) is 39.2 Å². The molecule has 0 bridgehead atoms. The molecule has 0 saturated heterocycles. The average Bonchev–Trinajstić information content (AvgIpc) is 2.46. The van der Waals surface area contributed by atoms with E-state index in [9.17, 15) is 22.8 Å². The van der Waals surface area contributed by atoms with Gasteiger partial charge in [0.25, 0.3) is 0 Å². The Morgan fingerprint density at radius 2 is 1.70 bits per heavy atom. The first-order valence-electron chi connectivity index (χ1n) is 7.36. The molecular weight excluding hydrogens is 309 g/mol. The Hall–Kier alpha value is -2.05. The van der Waals surface area contributed by atoms with Crippen LogP contribution in [-0.4, -0.2) is 18.4 Å². The van der Waals surface area contributed by atoms with E-state index in [1.807, 2.05) is 6.92 Å². The third-order valence-electron chi connectivity index (χ3n) is 3.43. The Morgan fingerprint density at radius 1 is 1.09 bits per heavy atom. The molecule has 0 fully saturated rings. The lowest BCUT2D eigenvalue weighted by Gasteiger charge is -2.23. The van der Waals surface area contributed by atoms with Gasteiger partial charge in [-0.1, -0.05) is 25.5 Å². The van der Waals surface area contributed by atoms with E-state index in [4.69, 9.17) is 0 Å². The van der Waals surface area contributed by atoms with E-state index < -0.39 is 29.0 Å². The van der Waals surface area contributed by atoms with Crippen LogP contribution in [0.25, 0.3) is 0 Å². The van der Waals surface area contributed by atoms with E-state index in [0.29, 0.717) is 6.54 Å². The maximum absolute atomic E-state index is 12.9. The Balaban J connectivity index is 2.89. The van der Waals surface area contributed by atoms with Gasteiger partial charge in [0.15, 0.2) is 0 Å². The lowest BCUT2D eigenvalue weighted by Crippen LogP contribution is -2.45. The van der Waals surface area contributed by atoms with E-state index >= 15 is 0 Å². The number of alkyl halides is 3. The van der Waals surface area contributed by atoms with Crippen LogP contribution in [0.15, 0.2) is 24.3 Å². The first-order chi connectivity index (χ1) is 10.6. The molecule has 1 rings (SSSR count). The highest BCUT2D eigenvalue weighted by molar-refractivity contribution is 6.10. The van der Waals surface area contributed by atoms with Gasteiger partial charge in [0.05, 0.1) is 11.3 Å². The van der Waals surface area contributed by atoms with Gasteiger partial charge in [-0.05, 0) is 32.4 Å². The van der Waals surface area contributed by atoms with E-state index in [1.54, 1.807) is 0 Å². The van der Waals surface area contributed by atoms with Crippen molar-refractivity contribution in [1.29, 1.82) is 0 Å². The SMILES string of the molecule is CCCCNC(=O)C(C)(C)C(=O)Nc1ccccc1C(F)(F)F. The Bertz CT molecular complexity index is 569. The van der Waals surface area contributed by atoms with Gasteiger partial charge in [0.1, 0.15) is 5.41 Å². The molecule has 4 nitrogen and oxygen atoms in total. The number of anilines is 1. The summed E-state index contributed by atoms with van der Waals surface area (Å²) in [6.07, 6.45) is -2.94. The third kappa shape index (κ3) is 4.97. The second-order valence-corrected chi connectivity index (χ2v) is 5.73. The second-order valence-electron chi connectivity index (χ2n) is 5.73. The smallest absolute Gasteiger partial charge is 0.355 e. The number of unbranched alkanes of at least 4 members (excludes halogenated alkanes) is 1. The maximum Gasteiger partial charge on any atom is 0.418 e. The van der Waals surface area contributed by atoms with E-state index in [2.05, 4.69) is 10.6 Å². The molecule has 0 spiro atoms. The average molecular weight is 330 g/mol. The molecule has 0 heterocycles. The molecule has 2 amide bonds.